The van der Waals surface area contributed by atoms with E-state index in [-0.39, 0.29) is 12.1 Å². The molecule has 6 nitrogen and oxygen atoms in total. The van der Waals surface area contributed by atoms with Crippen molar-refractivity contribution in [2.75, 3.05) is 31.2 Å². The van der Waals surface area contributed by atoms with Crippen LogP contribution in [0.25, 0.3) is 0 Å². The average Bonchev–Trinajstić information content (AvgIpc) is 2.90. The lowest BCUT2D eigenvalue weighted by Crippen LogP contribution is -2.37. The van der Waals surface area contributed by atoms with Crippen molar-refractivity contribution in [2.24, 2.45) is 0 Å². The molecule has 1 saturated heterocycles. The molecule has 1 heterocycles. The van der Waals surface area contributed by atoms with E-state index in [2.05, 4.69) is 4.90 Å². The highest BCUT2D eigenvalue weighted by molar-refractivity contribution is 5.90. The number of carbonyl (C=O) groups is 1. The predicted octanol–water partition coefficient (Wildman–Crippen LogP) is 6.29. The highest BCUT2D eigenvalue weighted by Gasteiger charge is 2.21. The number of ether oxygens (including phenoxy) is 4. The van der Waals surface area contributed by atoms with Crippen LogP contribution in [-0.2, 0) is 16.1 Å². The third kappa shape index (κ3) is 8.53. The Hall–Kier alpha value is -3.51. The number of esters is 1. The van der Waals surface area contributed by atoms with Gasteiger partial charge in [-0.2, -0.15) is 0 Å². The first kappa shape index (κ1) is 26.6. The van der Waals surface area contributed by atoms with Gasteiger partial charge in [-0.3, -0.25) is 0 Å². The third-order valence-electron chi connectivity index (χ3n) is 6.07. The van der Waals surface area contributed by atoms with Crippen molar-refractivity contribution in [3.05, 3.63) is 90.0 Å². The molecule has 0 spiro atoms. The average molecular weight is 504 g/mol. The lowest BCUT2D eigenvalue weighted by molar-refractivity contribution is 0.00695. The minimum Gasteiger partial charge on any atom is -0.491 e. The lowest BCUT2D eigenvalue weighted by Gasteiger charge is -2.33. The van der Waals surface area contributed by atoms with Gasteiger partial charge in [-0.15, -0.1) is 0 Å². The first-order valence-corrected chi connectivity index (χ1v) is 13.0. The lowest BCUT2D eigenvalue weighted by atomic mass is 10.1. The Morgan fingerprint density at radius 1 is 0.838 bits per heavy atom. The Morgan fingerprint density at radius 2 is 1.51 bits per heavy atom. The standard InChI is InChI=1S/C31H37NO5/c1-31(2,3)37-30(33)25-12-14-26(15-13-25)32-18-16-27(17-19-32)34-20-21-35-28-10-7-11-29(22-28)36-23-24-8-5-4-6-9-24/h4-15,22,27H,16-21,23H2,1-3H3. The van der Waals surface area contributed by atoms with Gasteiger partial charge in [0.1, 0.15) is 30.3 Å². The van der Waals surface area contributed by atoms with Crippen molar-refractivity contribution in [1.29, 1.82) is 0 Å². The van der Waals surface area contributed by atoms with E-state index >= 15 is 0 Å². The second-order valence-electron chi connectivity index (χ2n) is 10.2. The number of carbonyl (C=O) groups excluding carboxylic acids is 1. The van der Waals surface area contributed by atoms with Crippen molar-refractivity contribution in [1.82, 2.24) is 0 Å². The molecule has 0 radical (unpaired) electrons. The summed E-state index contributed by atoms with van der Waals surface area (Å²) in [5.74, 6) is 1.27. The third-order valence-corrected chi connectivity index (χ3v) is 6.07. The Kier molecular flexibility index (Phi) is 9.07. The van der Waals surface area contributed by atoms with E-state index < -0.39 is 5.60 Å². The SMILES string of the molecule is CC(C)(C)OC(=O)c1ccc(N2CCC(OCCOc3cccc(OCc4ccccc4)c3)CC2)cc1. The van der Waals surface area contributed by atoms with Crippen LogP contribution >= 0.6 is 0 Å². The fraction of sp³-hybridized carbons (Fsp3) is 0.387. The molecule has 6 heteroatoms. The van der Waals surface area contributed by atoms with E-state index in [1.54, 1.807) is 0 Å². The van der Waals surface area contributed by atoms with Crippen LogP contribution < -0.4 is 14.4 Å². The molecule has 37 heavy (non-hydrogen) atoms. The van der Waals surface area contributed by atoms with Crippen LogP contribution in [0.4, 0.5) is 5.69 Å². The van der Waals surface area contributed by atoms with E-state index in [9.17, 15) is 4.79 Å². The minimum absolute atomic E-state index is 0.224. The van der Waals surface area contributed by atoms with Gasteiger partial charge in [0.2, 0.25) is 0 Å². The quantitative estimate of drug-likeness (QED) is 0.240. The minimum atomic E-state index is -0.496. The van der Waals surface area contributed by atoms with Crippen molar-refractivity contribution < 1.29 is 23.7 Å². The number of piperidine rings is 1. The molecule has 0 saturated carbocycles. The van der Waals surface area contributed by atoms with E-state index in [0.717, 1.165) is 48.7 Å². The van der Waals surface area contributed by atoms with Crippen molar-refractivity contribution >= 4 is 11.7 Å². The van der Waals surface area contributed by atoms with Gasteiger partial charge < -0.3 is 23.8 Å². The van der Waals surface area contributed by atoms with Crippen LogP contribution in [0.1, 0.15) is 49.5 Å². The largest absolute Gasteiger partial charge is 0.491 e. The summed E-state index contributed by atoms with van der Waals surface area (Å²) in [7, 11) is 0. The van der Waals surface area contributed by atoms with Gasteiger partial charge in [0.25, 0.3) is 0 Å². The summed E-state index contributed by atoms with van der Waals surface area (Å²) in [4.78, 5) is 14.6. The van der Waals surface area contributed by atoms with E-state index in [1.807, 2.05) is 99.6 Å². The van der Waals surface area contributed by atoms with Crippen LogP contribution in [0.15, 0.2) is 78.9 Å². The zero-order chi connectivity index (χ0) is 26.1. The van der Waals surface area contributed by atoms with Gasteiger partial charge >= 0.3 is 5.97 Å². The molecule has 0 N–H and O–H groups in total. The maximum absolute atomic E-state index is 12.2. The molecule has 196 valence electrons. The van der Waals surface area contributed by atoms with E-state index in [4.69, 9.17) is 18.9 Å². The van der Waals surface area contributed by atoms with E-state index in [0.29, 0.717) is 25.4 Å². The molecule has 3 aromatic carbocycles. The van der Waals surface area contributed by atoms with Gasteiger partial charge in [0.15, 0.2) is 0 Å². The normalized spacial score (nSPS) is 14.3. The topological polar surface area (TPSA) is 57.2 Å². The molecule has 1 fully saturated rings. The molecule has 0 atom stereocenters. The maximum Gasteiger partial charge on any atom is 0.338 e. The van der Waals surface area contributed by atoms with Gasteiger partial charge in [0.05, 0.1) is 18.3 Å². The zero-order valence-corrected chi connectivity index (χ0v) is 22.0. The monoisotopic (exact) mass is 503 g/mol. The first-order chi connectivity index (χ1) is 17.9. The maximum atomic E-state index is 12.2. The number of anilines is 1. The fourth-order valence-electron chi connectivity index (χ4n) is 4.19. The van der Waals surface area contributed by atoms with Gasteiger partial charge in [-0.05, 0) is 75.6 Å². The Morgan fingerprint density at radius 3 is 2.19 bits per heavy atom. The fourth-order valence-corrected chi connectivity index (χ4v) is 4.19. The molecule has 4 rings (SSSR count). The smallest absolute Gasteiger partial charge is 0.338 e. The van der Waals surface area contributed by atoms with Crippen LogP contribution in [0.3, 0.4) is 0 Å². The Labute approximate surface area is 220 Å². The van der Waals surface area contributed by atoms with Crippen LogP contribution in [-0.4, -0.2) is 44.0 Å². The van der Waals surface area contributed by atoms with Crippen LogP contribution in [0, 0.1) is 0 Å². The number of rotatable bonds is 10. The molecule has 0 aromatic heterocycles. The highest BCUT2D eigenvalue weighted by atomic mass is 16.6. The van der Waals surface area contributed by atoms with E-state index in [1.165, 1.54) is 0 Å². The molecular formula is C31H37NO5. The van der Waals surface area contributed by atoms with Crippen molar-refractivity contribution in [3.63, 3.8) is 0 Å². The summed E-state index contributed by atoms with van der Waals surface area (Å²) < 4.78 is 23.3. The molecule has 0 amide bonds. The first-order valence-electron chi connectivity index (χ1n) is 13.0. The Bertz CT molecular complexity index is 1120. The summed E-state index contributed by atoms with van der Waals surface area (Å²) in [5.41, 5.74) is 2.32. The number of benzene rings is 3. The highest BCUT2D eigenvalue weighted by Crippen LogP contribution is 2.24. The Balaban J connectivity index is 1.14. The summed E-state index contributed by atoms with van der Waals surface area (Å²) in [5, 5.41) is 0. The summed E-state index contributed by atoms with van der Waals surface area (Å²) in [6.07, 6.45) is 2.13. The molecular weight excluding hydrogens is 466 g/mol. The van der Waals surface area contributed by atoms with Crippen LogP contribution in [0.2, 0.25) is 0 Å². The summed E-state index contributed by atoms with van der Waals surface area (Å²) in [6, 6.07) is 25.5. The van der Waals surface area contributed by atoms with Gasteiger partial charge in [-0.25, -0.2) is 4.79 Å². The second kappa shape index (κ2) is 12.6. The molecule has 0 bridgehead atoms. The van der Waals surface area contributed by atoms with Gasteiger partial charge in [0, 0.05) is 24.8 Å². The molecule has 1 aliphatic rings. The van der Waals surface area contributed by atoms with Gasteiger partial charge in [-0.1, -0.05) is 36.4 Å². The van der Waals surface area contributed by atoms with Crippen LogP contribution in [0.5, 0.6) is 11.5 Å². The summed E-state index contributed by atoms with van der Waals surface area (Å²) in [6.45, 7) is 9.02. The number of hydrogen-bond donors (Lipinski definition) is 0. The van der Waals surface area contributed by atoms with Crippen molar-refractivity contribution in [3.8, 4) is 11.5 Å². The molecule has 1 aliphatic heterocycles. The molecule has 3 aromatic rings. The summed E-state index contributed by atoms with van der Waals surface area (Å²) >= 11 is 0. The number of nitrogens with zero attached hydrogens (tertiary/aromatic N) is 1. The van der Waals surface area contributed by atoms with Crippen molar-refractivity contribution in [2.45, 2.75) is 51.9 Å². The molecule has 0 unspecified atom stereocenters. The predicted molar refractivity (Wildman–Crippen MR) is 146 cm³/mol. The zero-order valence-electron chi connectivity index (χ0n) is 22.0. The number of hydrogen-bond acceptors (Lipinski definition) is 6. The second-order valence-corrected chi connectivity index (χ2v) is 10.2. The molecule has 0 aliphatic carbocycles.